The first-order chi connectivity index (χ1) is 9.83. The van der Waals surface area contributed by atoms with Gasteiger partial charge in [0.25, 0.3) is 0 Å². The lowest BCUT2D eigenvalue weighted by molar-refractivity contribution is 0.0155. The number of rotatable bonds is 4. The Hall–Kier alpha value is -0.880. The van der Waals surface area contributed by atoms with Crippen LogP contribution in [0.3, 0.4) is 0 Å². The Morgan fingerprint density at radius 3 is 2.90 bits per heavy atom. The number of hydrogen-bond acceptors (Lipinski definition) is 5. The lowest BCUT2D eigenvalue weighted by atomic mass is 10.1. The Morgan fingerprint density at radius 1 is 1.35 bits per heavy atom. The molecule has 2 aliphatic heterocycles. The van der Waals surface area contributed by atoms with Crippen LogP contribution >= 0.6 is 0 Å². The Labute approximate surface area is 120 Å². The molecular formula is C15H25N3O2. The molecule has 1 aromatic rings. The lowest BCUT2D eigenvalue weighted by Gasteiger charge is -2.39. The fourth-order valence-electron chi connectivity index (χ4n) is 3.14. The molecule has 0 spiro atoms. The van der Waals surface area contributed by atoms with E-state index in [0.717, 1.165) is 58.2 Å². The van der Waals surface area contributed by atoms with Crippen molar-refractivity contribution < 1.29 is 9.15 Å². The smallest absolute Gasteiger partial charge is 0.122 e. The van der Waals surface area contributed by atoms with Gasteiger partial charge in [0.1, 0.15) is 5.76 Å². The van der Waals surface area contributed by atoms with E-state index < -0.39 is 0 Å². The quantitative estimate of drug-likeness (QED) is 0.888. The van der Waals surface area contributed by atoms with Crippen LogP contribution in [0.5, 0.6) is 0 Å². The van der Waals surface area contributed by atoms with Gasteiger partial charge in [0.15, 0.2) is 0 Å². The van der Waals surface area contributed by atoms with Gasteiger partial charge in [0.2, 0.25) is 0 Å². The van der Waals surface area contributed by atoms with E-state index in [-0.39, 0.29) is 0 Å². The fraction of sp³-hybridized carbons (Fsp3) is 0.733. The first kappa shape index (κ1) is 14.1. The summed E-state index contributed by atoms with van der Waals surface area (Å²) in [5.41, 5.74) is 0. The summed E-state index contributed by atoms with van der Waals surface area (Å²) in [5, 5.41) is 3.51. The predicted octanol–water partition coefficient (Wildman–Crippen LogP) is 0.947. The second-order valence-corrected chi connectivity index (χ2v) is 5.79. The zero-order valence-electron chi connectivity index (χ0n) is 12.3. The summed E-state index contributed by atoms with van der Waals surface area (Å²) in [5.74, 6) is 1.09. The number of furan rings is 1. The third-order valence-corrected chi connectivity index (χ3v) is 4.25. The van der Waals surface area contributed by atoms with Crippen LogP contribution in [0.4, 0.5) is 0 Å². The predicted molar refractivity (Wildman–Crippen MR) is 77.7 cm³/mol. The fourth-order valence-corrected chi connectivity index (χ4v) is 3.14. The van der Waals surface area contributed by atoms with Crippen LogP contribution in [0, 0.1) is 0 Å². The average Bonchev–Trinajstić information content (AvgIpc) is 3.00. The van der Waals surface area contributed by atoms with Crippen molar-refractivity contribution >= 4 is 0 Å². The van der Waals surface area contributed by atoms with Gasteiger partial charge in [0, 0.05) is 45.3 Å². The molecule has 1 N–H and O–H groups in total. The van der Waals surface area contributed by atoms with Crippen molar-refractivity contribution in [1.29, 1.82) is 0 Å². The normalized spacial score (nSPS) is 27.6. The first-order valence-corrected chi connectivity index (χ1v) is 7.64. The van der Waals surface area contributed by atoms with Crippen LogP contribution in [0.2, 0.25) is 0 Å². The Balaban J connectivity index is 1.69. The summed E-state index contributed by atoms with van der Waals surface area (Å²) in [4.78, 5) is 5.04. The van der Waals surface area contributed by atoms with Crippen molar-refractivity contribution in [3.8, 4) is 0 Å². The van der Waals surface area contributed by atoms with Crippen LogP contribution in [0.15, 0.2) is 22.8 Å². The zero-order chi connectivity index (χ0) is 13.8. The number of morpholine rings is 1. The highest BCUT2D eigenvalue weighted by atomic mass is 16.5. The van der Waals surface area contributed by atoms with Crippen molar-refractivity contribution in [3.05, 3.63) is 24.2 Å². The molecular weight excluding hydrogens is 254 g/mol. The molecule has 2 saturated heterocycles. The summed E-state index contributed by atoms with van der Waals surface area (Å²) < 4.78 is 11.2. The number of piperazine rings is 1. The molecule has 5 nitrogen and oxygen atoms in total. The van der Waals surface area contributed by atoms with Gasteiger partial charge in [-0.25, -0.2) is 0 Å². The van der Waals surface area contributed by atoms with Gasteiger partial charge in [-0.1, -0.05) is 0 Å². The van der Waals surface area contributed by atoms with E-state index in [2.05, 4.69) is 28.1 Å². The van der Waals surface area contributed by atoms with Gasteiger partial charge in [-0.3, -0.25) is 9.80 Å². The molecule has 0 radical (unpaired) electrons. The van der Waals surface area contributed by atoms with Crippen LogP contribution < -0.4 is 5.32 Å². The number of nitrogens with one attached hydrogen (secondary N) is 1. The molecule has 2 fully saturated rings. The molecule has 0 saturated carbocycles. The minimum atomic E-state index is 0.354. The van der Waals surface area contributed by atoms with Gasteiger partial charge < -0.3 is 14.5 Å². The topological polar surface area (TPSA) is 40.9 Å². The molecule has 0 aliphatic carbocycles. The summed E-state index contributed by atoms with van der Waals surface area (Å²) in [7, 11) is 0. The maximum atomic E-state index is 5.71. The Bertz CT molecular complexity index is 390. The summed E-state index contributed by atoms with van der Waals surface area (Å²) in [6, 6.07) is 5.00. The van der Waals surface area contributed by atoms with E-state index in [1.807, 2.05) is 6.07 Å². The van der Waals surface area contributed by atoms with E-state index in [1.54, 1.807) is 6.26 Å². The Kier molecular flexibility index (Phi) is 4.73. The number of hydrogen-bond donors (Lipinski definition) is 1. The monoisotopic (exact) mass is 279 g/mol. The van der Waals surface area contributed by atoms with E-state index in [0.29, 0.717) is 12.1 Å². The van der Waals surface area contributed by atoms with Crippen molar-refractivity contribution in [1.82, 2.24) is 15.1 Å². The maximum Gasteiger partial charge on any atom is 0.122 e. The van der Waals surface area contributed by atoms with Gasteiger partial charge in [-0.05, 0) is 19.1 Å². The molecule has 0 bridgehead atoms. The summed E-state index contributed by atoms with van der Waals surface area (Å²) >= 11 is 0. The van der Waals surface area contributed by atoms with Crippen LogP contribution in [-0.2, 0) is 4.74 Å². The van der Waals surface area contributed by atoms with Crippen molar-refractivity contribution in [3.63, 3.8) is 0 Å². The van der Waals surface area contributed by atoms with Gasteiger partial charge in [-0.15, -0.1) is 0 Å². The summed E-state index contributed by atoms with van der Waals surface area (Å²) in [6.45, 7) is 10.3. The molecule has 2 aliphatic rings. The molecule has 0 aromatic carbocycles. The number of nitrogens with zero attached hydrogens (tertiary/aromatic N) is 2. The number of ether oxygens (including phenoxy) is 1. The highest BCUT2D eigenvalue weighted by Crippen LogP contribution is 2.24. The summed E-state index contributed by atoms with van der Waals surface area (Å²) in [6.07, 6.45) is 1.78. The minimum Gasteiger partial charge on any atom is -0.468 e. The van der Waals surface area contributed by atoms with Crippen molar-refractivity contribution in [2.45, 2.75) is 19.0 Å². The molecule has 5 heteroatoms. The van der Waals surface area contributed by atoms with Crippen molar-refractivity contribution in [2.75, 3.05) is 52.5 Å². The van der Waals surface area contributed by atoms with E-state index in [4.69, 9.17) is 9.15 Å². The van der Waals surface area contributed by atoms with E-state index >= 15 is 0 Å². The Morgan fingerprint density at radius 2 is 2.20 bits per heavy atom. The average molecular weight is 279 g/mol. The van der Waals surface area contributed by atoms with Gasteiger partial charge in [-0.2, -0.15) is 0 Å². The third kappa shape index (κ3) is 3.41. The maximum absolute atomic E-state index is 5.71. The van der Waals surface area contributed by atoms with Gasteiger partial charge >= 0.3 is 0 Å². The molecule has 3 rings (SSSR count). The molecule has 0 amide bonds. The SMILES string of the molecule is CC1CN(C(CN2CCOCC2)c2ccco2)CCN1. The molecule has 3 heterocycles. The van der Waals surface area contributed by atoms with Gasteiger partial charge in [0.05, 0.1) is 25.5 Å². The van der Waals surface area contributed by atoms with E-state index in [1.165, 1.54) is 0 Å². The standard InChI is InChI=1S/C15H25N3O2/c1-13-11-18(5-4-16-13)14(15-3-2-8-20-15)12-17-6-9-19-10-7-17/h2-3,8,13-14,16H,4-7,9-12H2,1H3. The van der Waals surface area contributed by atoms with Crippen LogP contribution in [-0.4, -0.2) is 68.3 Å². The molecule has 2 atom stereocenters. The molecule has 2 unspecified atom stereocenters. The van der Waals surface area contributed by atoms with E-state index in [9.17, 15) is 0 Å². The molecule has 20 heavy (non-hydrogen) atoms. The van der Waals surface area contributed by atoms with Crippen LogP contribution in [0.1, 0.15) is 18.7 Å². The second kappa shape index (κ2) is 6.72. The van der Waals surface area contributed by atoms with Crippen LogP contribution in [0.25, 0.3) is 0 Å². The molecule has 112 valence electrons. The minimum absolute atomic E-state index is 0.354. The highest BCUT2D eigenvalue weighted by Gasteiger charge is 2.28. The lowest BCUT2D eigenvalue weighted by Crippen LogP contribution is -2.52. The second-order valence-electron chi connectivity index (χ2n) is 5.79. The highest BCUT2D eigenvalue weighted by molar-refractivity contribution is 5.06. The third-order valence-electron chi connectivity index (χ3n) is 4.25. The first-order valence-electron chi connectivity index (χ1n) is 7.64. The van der Waals surface area contributed by atoms with Crippen molar-refractivity contribution in [2.24, 2.45) is 0 Å². The molecule has 1 aromatic heterocycles. The zero-order valence-corrected chi connectivity index (χ0v) is 12.3. The largest absolute Gasteiger partial charge is 0.468 e.